The zero-order valence-electron chi connectivity index (χ0n) is 11.0. The van der Waals surface area contributed by atoms with Crippen LogP contribution in [0.3, 0.4) is 0 Å². The van der Waals surface area contributed by atoms with Crippen LogP contribution in [0.25, 0.3) is 0 Å². The molecule has 0 unspecified atom stereocenters. The topological polar surface area (TPSA) is 51.9 Å². The molecule has 0 spiro atoms. The van der Waals surface area contributed by atoms with Crippen LogP contribution in [0.2, 0.25) is 0 Å². The van der Waals surface area contributed by atoms with Gasteiger partial charge in [-0.1, -0.05) is 0 Å². The molecular weight excluding hydrogens is 228 g/mol. The van der Waals surface area contributed by atoms with E-state index in [1.54, 1.807) is 0 Å². The van der Waals surface area contributed by atoms with Gasteiger partial charge in [-0.05, 0) is 26.0 Å². The van der Waals surface area contributed by atoms with Gasteiger partial charge in [-0.2, -0.15) is 0 Å². The zero-order valence-corrected chi connectivity index (χ0v) is 11.0. The van der Waals surface area contributed by atoms with Crippen molar-refractivity contribution in [2.75, 3.05) is 6.54 Å². The Kier molecular flexibility index (Phi) is 3.50. The molecule has 0 radical (unpaired) electrons. The molecule has 0 aromatic carbocycles. The molecule has 0 saturated carbocycles. The van der Waals surface area contributed by atoms with Gasteiger partial charge in [-0.15, -0.1) is 0 Å². The summed E-state index contributed by atoms with van der Waals surface area (Å²) < 4.78 is 3.90. The molecule has 0 aliphatic rings. The molecule has 5 heteroatoms. The number of nitrogens with zero attached hydrogens (tertiary/aromatic N) is 3. The lowest BCUT2D eigenvalue weighted by Gasteiger charge is -2.09. The van der Waals surface area contributed by atoms with Crippen LogP contribution in [-0.4, -0.2) is 26.6 Å². The summed E-state index contributed by atoms with van der Waals surface area (Å²) in [6.45, 7) is 5.32. The molecular formula is C13H18N4O. The molecule has 0 aliphatic carbocycles. The lowest BCUT2D eigenvalue weighted by Crippen LogP contribution is -2.29. The van der Waals surface area contributed by atoms with E-state index in [0.717, 1.165) is 18.1 Å². The van der Waals surface area contributed by atoms with E-state index in [1.807, 2.05) is 50.0 Å². The van der Waals surface area contributed by atoms with Crippen LogP contribution >= 0.6 is 0 Å². The molecule has 96 valence electrons. The van der Waals surface area contributed by atoms with Crippen molar-refractivity contribution in [3.63, 3.8) is 0 Å². The van der Waals surface area contributed by atoms with Crippen molar-refractivity contribution in [2.24, 2.45) is 7.05 Å². The van der Waals surface area contributed by atoms with Crippen molar-refractivity contribution < 1.29 is 4.79 Å². The van der Waals surface area contributed by atoms with Crippen molar-refractivity contribution in [2.45, 2.75) is 20.4 Å². The van der Waals surface area contributed by atoms with Crippen LogP contribution in [0.5, 0.6) is 0 Å². The minimum atomic E-state index is -0.0436. The number of aromatic nitrogens is 3. The second-order valence-electron chi connectivity index (χ2n) is 4.36. The van der Waals surface area contributed by atoms with E-state index in [1.165, 1.54) is 0 Å². The monoisotopic (exact) mass is 246 g/mol. The van der Waals surface area contributed by atoms with Gasteiger partial charge in [0.05, 0.1) is 0 Å². The standard InChI is InChI=1S/C13H18N4O/c1-10-9-15-11(2)17(10)8-6-14-13(18)12-5-4-7-16(12)3/h4-5,7,9H,6,8H2,1-3H3,(H,14,18). The summed E-state index contributed by atoms with van der Waals surface area (Å²) in [5, 5.41) is 2.91. The summed E-state index contributed by atoms with van der Waals surface area (Å²) >= 11 is 0. The number of hydrogen-bond acceptors (Lipinski definition) is 2. The Morgan fingerprint density at radius 3 is 2.78 bits per heavy atom. The predicted octanol–water partition coefficient (Wildman–Crippen LogP) is 1.27. The predicted molar refractivity (Wildman–Crippen MR) is 69.4 cm³/mol. The van der Waals surface area contributed by atoms with Crippen molar-refractivity contribution in [3.05, 3.63) is 41.7 Å². The third-order valence-corrected chi connectivity index (χ3v) is 3.05. The molecule has 2 aromatic rings. The third-order valence-electron chi connectivity index (χ3n) is 3.05. The largest absolute Gasteiger partial charge is 0.349 e. The van der Waals surface area contributed by atoms with Gasteiger partial charge in [0, 0.05) is 38.2 Å². The van der Waals surface area contributed by atoms with Crippen molar-refractivity contribution in [3.8, 4) is 0 Å². The van der Waals surface area contributed by atoms with E-state index in [9.17, 15) is 4.79 Å². The van der Waals surface area contributed by atoms with E-state index < -0.39 is 0 Å². The van der Waals surface area contributed by atoms with Gasteiger partial charge in [0.15, 0.2) is 0 Å². The summed E-state index contributed by atoms with van der Waals surface area (Å²) in [5.74, 6) is 0.929. The number of aryl methyl sites for hydroxylation is 3. The van der Waals surface area contributed by atoms with Gasteiger partial charge in [0.1, 0.15) is 11.5 Å². The first-order chi connectivity index (χ1) is 8.59. The highest BCUT2D eigenvalue weighted by Crippen LogP contribution is 2.02. The van der Waals surface area contributed by atoms with E-state index in [-0.39, 0.29) is 5.91 Å². The Balaban J connectivity index is 1.90. The average molecular weight is 246 g/mol. The summed E-state index contributed by atoms with van der Waals surface area (Å²) in [6, 6.07) is 3.67. The molecule has 1 N–H and O–H groups in total. The number of carbonyl (C=O) groups excluding carboxylic acids is 1. The molecule has 2 rings (SSSR count). The summed E-state index contributed by atoms with van der Waals surface area (Å²) in [4.78, 5) is 16.1. The van der Waals surface area contributed by atoms with Crippen LogP contribution in [0.15, 0.2) is 24.5 Å². The maximum absolute atomic E-state index is 11.9. The highest BCUT2D eigenvalue weighted by Gasteiger charge is 2.08. The summed E-state index contributed by atoms with van der Waals surface area (Å²) in [6.07, 6.45) is 3.70. The lowest BCUT2D eigenvalue weighted by molar-refractivity contribution is 0.0944. The van der Waals surface area contributed by atoms with Crippen LogP contribution in [0.4, 0.5) is 0 Å². The maximum Gasteiger partial charge on any atom is 0.267 e. The Bertz CT molecular complexity index is 534. The minimum absolute atomic E-state index is 0.0436. The normalized spacial score (nSPS) is 10.6. The fourth-order valence-corrected chi connectivity index (χ4v) is 1.99. The SMILES string of the molecule is Cc1cnc(C)n1CCNC(=O)c1cccn1C. The van der Waals surface area contributed by atoms with Gasteiger partial charge >= 0.3 is 0 Å². The van der Waals surface area contributed by atoms with Gasteiger partial charge in [-0.25, -0.2) is 4.98 Å². The average Bonchev–Trinajstić information content (AvgIpc) is 2.89. The third kappa shape index (κ3) is 2.45. The van der Waals surface area contributed by atoms with Gasteiger partial charge in [-0.3, -0.25) is 4.79 Å². The van der Waals surface area contributed by atoms with Crippen molar-refractivity contribution in [1.82, 2.24) is 19.4 Å². The van der Waals surface area contributed by atoms with E-state index >= 15 is 0 Å². The molecule has 18 heavy (non-hydrogen) atoms. The smallest absolute Gasteiger partial charge is 0.267 e. The Hall–Kier alpha value is -2.04. The van der Waals surface area contributed by atoms with Gasteiger partial charge < -0.3 is 14.5 Å². The molecule has 0 fully saturated rings. The molecule has 0 saturated heterocycles. The Morgan fingerprint density at radius 1 is 1.44 bits per heavy atom. The molecule has 0 aliphatic heterocycles. The Morgan fingerprint density at radius 2 is 2.22 bits per heavy atom. The number of carbonyl (C=O) groups is 1. The Labute approximate surface area is 106 Å². The van der Waals surface area contributed by atoms with Gasteiger partial charge in [0.25, 0.3) is 5.91 Å². The quantitative estimate of drug-likeness (QED) is 0.883. The number of nitrogens with one attached hydrogen (secondary N) is 1. The fourth-order valence-electron chi connectivity index (χ4n) is 1.99. The number of rotatable bonds is 4. The fraction of sp³-hybridized carbons (Fsp3) is 0.385. The highest BCUT2D eigenvalue weighted by molar-refractivity contribution is 5.92. The maximum atomic E-state index is 11.9. The first-order valence-electron chi connectivity index (χ1n) is 5.98. The second-order valence-corrected chi connectivity index (χ2v) is 4.36. The van der Waals surface area contributed by atoms with Crippen molar-refractivity contribution in [1.29, 1.82) is 0 Å². The lowest BCUT2D eigenvalue weighted by atomic mass is 10.4. The first-order valence-corrected chi connectivity index (χ1v) is 5.98. The van der Waals surface area contributed by atoms with E-state index in [4.69, 9.17) is 0 Å². The zero-order chi connectivity index (χ0) is 13.1. The number of amides is 1. The second kappa shape index (κ2) is 5.08. The van der Waals surface area contributed by atoms with E-state index in [0.29, 0.717) is 12.2 Å². The molecule has 2 aromatic heterocycles. The van der Waals surface area contributed by atoms with Crippen molar-refractivity contribution >= 4 is 5.91 Å². The van der Waals surface area contributed by atoms with Crippen LogP contribution in [0, 0.1) is 13.8 Å². The highest BCUT2D eigenvalue weighted by atomic mass is 16.1. The number of hydrogen-bond donors (Lipinski definition) is 1. The minimum Gasteiger partial charge on any atom is -0.349 e. The van der Waals surface area contributed by atoms with Gasteiger partial charge in [0.2, 0.25) is 0 Å². The molecule has 2 heterocycles. The first kappa shape index (κ1) is 12.4. The summed E-state index contributed by atoms with van der Waals surface area (Å²) in [5.41, 5.74) is 1.79. The van der Waals surface area contributed by atoms with E-state index in [2.05, 4.69) is 14.9 Å². The molecule has 5 nitrogen and oxygen atoms in total. The van der Waals surface area contributed by atoms with Crippen LogP contribution in [-0.2, 0) is 13.6 Å². The molecule has 0 bridgehead atoms. The number of imidazole rings is 1. The molecule has 0 atom stereocenters. The summed E-state index contributed by atoms with van der Waals surface area (Å²) in [7, 11) is 1.86. The van der Waals surface area contributed by atoms with Crippen LogP contribution < -0.4 is 5.32 Å². The van der Waals surface area contributed by atoms with Crippen LogP contribution in [0.1, 0.15) is 22.0 Å². The molecule has 1 amide bonds.